The van der Waals surface area contributed by atoms with Gasteiger partial charge in [0.25, 0.3) is 0 Å². The molecule has 2 N–H and O–H groups in total. The average Bonchev–Trinajstić information content (AvgIpc) is 2.81. The highest BCUT2D eigenvalue weighted by atomic mass is 32.1. The van der Waals surface area contributed by atoms with Crippen LogP contribution in [0.4, 0.5) is 0 Å². The Balaban J connectivity index is 1.92. The molecule has 0 aromatic carbocycles. The lowest BCUT2D eigenvalue weighted by atomic mass is 10.1. The molecule has 0 amide bonds. The van der Waals surface area contributed by atoms with Crippen LogP contribution in [-0.4, -0.2) is 30.9 Å². The van der Waals surface area contributed by atoms with Crippen molar-refractivity contribution in [3.63, 3.8) is 0 Å². The Morgan fingerprint density at radius 1 is 1.44 bits per heavy atom. The summed E-state index contributed by atoms with van der Waals surface area (Å²) < 4.78 is 5.46. The molecule has 1 aromatic heterocycles. The van der Waals surface area contributed by atoms with Gasteiger partial charge in [-0.25, -0.2) is 0 Å². The number of ether oxygens (including phenoxy) is 1. The largest absolute Gasteiger partial charge is 0.389 e. The minimum atomic E-state index is -0.413. The van der Waals surface area contributed by atoms with Crippen LogP contribution in [0.25, 0.3) is 0 Å². The summed E-state index contributed by atoms with van der Waals surface area (Å²) in [7, 11) is 0. The lowest BCUT2D eigenvalue weighted by Gasteiger charge is -2.12. The van der Waals surface area contributed by atoms with Gasteiger partial charge in [0.15, 0.2) is 0 Å². The quantitative estimate of drug-likeness (QED) is 0.643. The minimum absolute atomic E-state index is 0.398. The first-order chi connectivity index (χ1) is 8.68. The van der Waals surface area contributed by atoms with Crippen LogP contribution >= 0.6 is 11.3 Å². The van der Waals surface area contributed by atoms with Crippen molar-refractivity contribution in [2.45, 2.75) is 39.4 Å². The molecule has 1 unspecified atom stereocenters. The number of hydrogen-bond acceptors (Lipinski definition) is 4. The third-order valence-electron chi connectivity index (χ3n) is 2.65. The van der Waals surface area contributed by atoms with E-state index in [2.05, 4.69) is 19.2 Å². The van der Waals surface area contributed by atoms with Crippen molar-refractivity contribution in [1.82, 2.24) is 5.32 Å². The molecule has 104 valence electrons. The fourth-order valence-electron chi connectivity index (χ4n) is 1.65. The molecule has 0 aliphatic heterocycles. The minimum Gasteiger partial charge on any atom is -0.389 e. The lowest BCUT2D eigenvalue weighted by molar-refractivity contribution is 0.0299. The smallest absolute Gasteiger partial charge is 0.0897 e. The van der Waals surface area contributed by atoms with E-state index in [4.69, 9.17) is 4.74 Å². The highest BCUT2D eigenvalue weighted by Crippen LogP contribution is 2.09. The van der Waals surface area contributed by atoms with Crippen LogP contribution in [0.2, 0.25) is 0 Å². The van der Waals surface area contributed by atoms with Crippen LogP contribution in [0.1, 0.15) is 31.6 Å². The fourth-order valence-corrected chi connectivity index (χ4v) is 2.29. The fraction of sp³-hybridized carbons (Fsp3) is 0.714. The maximum Gasteiger partial charge on any atom is 0.0897 e. The number of aliphatic hydroxyl groups excluding tert-OH is 1. The SMILES string of the molecule is CC(C)CCCNCC(O)COCc1cccs1. The summed E-state index contributed by atoms with van der Waals surface area (Å²) in [4.78, 5) is 1.20. The van der Waals surface area contributed by atoms with Gasteiger partial charge in [-0.3, -0.25) is 0 Å². The normalized spacial score (nSPS) is 13.1. The van der Waals surface area contributed by atoms with Gasteiger partial charge in [-0.05, 0) is 36.8 Å². The highest BCUT2D eigenvalue weighted by Gasteiger charge is 2.04. The number of aliphatic hydroxyl groups is 1. The van der Waals surface area contributed by atoms with E-state index in [1.54, 1.807) is 11.3 Å². The molecule has 0 aliphatic carbocycles. The van der Waals surface area contributed by atoms with Gasteiger partial charge >= 0.3 is 0 Å². The summed E-state index contributed by atoms with van der Waals surface area (Å²) in [6, 6.07) is 4.05. The van der Waals surface area contributed by atoms with Crippen molar-refractivity contribution in [3.8, 4) is 0 Å². The Morgan fingerprint density at radius 2 is 2.28 bits per heavy atom. The van der Waals surface area contributed by atoms with Crippen LogP contribution in [-0.2, 0) is 11.3 Å². The van der Waals surface area contributed by atoms with Crippen LogP contribution in [0.5, 0.6) is 0 Å². The standard InChI is InChI=1S/C14H25NO2S/c1-12(2)5-3-7-15-9-13(16)10-17-11-14-6-4-8-18-14/h4,6,8,12-13,15-16H,3,5,7,9-11H2,1-2H3. The molecule has 0 spiro atoms. The van der Waals surface area contributed by atoms with E-state index in [9.17, 15) is 5.11 Å². The van der Waals surface area contributed by atoms with Crippen molar-refractivity contribution >= 4 is 11.3 Å². The predicted molar refractivity (Wildman–Crippen MR) is 76.9 cm³/mol. The van der Waals surface area contributed by atoms with Crippen LogP contribution in [0.3, 0.4) is 0 Å². The Morgan fingerprint density at radius 3 is 2.94 bits per heavy atom. The molecule has 1 atom stereocenters. The van der Waals surface area contributed by atoms with Crippen molar-refractivity contribution in [2.75, 3.05) is 19.7 Å². The Labute approximate surface area is 114 Å². The number of rotatable bonds is 10. The lowest BCUT2D eigenvalue weighted by Crippen LogP contribution is -2.31. The summed E-state index contributed by atoms with van der Waals surface area (Å²) in [6.45, 7) is 7.04. The van der Waals surface area contributed by atoms with Crippen molar-refractivity contribution in [3.05, 3.63) is 22.4 Å². The van der Waals surface area contributed by atoms with Crippen molar-refractivity contribution in [1.29, 1.82) is 0 Å². The van der Waals surface area contributed by atoms with Crippen LogP contribution in [0, 0.1) is 5.92 Å². The molecule has 0 fully saturated rings. The monoisotopic (exact) mass is 271 g/mol. The Hall–Kier alpha value is -0.420. The second kappa shape index (κ2) is 9.50. The van der Waals surface area contributed by atoms with Gasteiger partial charge in [-0.15, -0.1) is 11.3 Å². The first-order valence-corrected chi connectivity index (χ1v) is 7.55. The van der Waals surface area contributed by atoms with Crippen LogP contribution < -0.4 is 5.32 Å². The first kappa shape index (κ1) is 15.6. The van der Waals surface area contributed by atoms with E-state index in [0.29, 0.717) is 19.8 Å². The summed E-state index contributed by atoms with van der Waals surface area (Å²) in [6.07, 6.45) is 1.99. The van der Waals surface area contributed by atoms with E-state index in [0.717, 1.165) is 12.5 Å². The molecule has 3 nitrogen and oxygen atoms in total. The van der Waals surface area contributed by atoms with E-state index in [-0.39, 0.29) is 0 Å². The molecule has 4 heteroatoms. The third-order valence-corrected chi connectivity index (χ3v) is 3.50. The van der Waals surface area contributed by atoms with Gasteiger partial charge in [-0.2, -0.15) is 0 Å². The van der Waals surface area contributed by atoms with Crippen molar-refractivity contribution < 1.29 is 9.84 Å². The maximum absolute atomic E-state index is 9.70. The molecule has 1 rings (SSSR count). The van der Waals surface area contributed by atoms with E-state index in [1.807, 2.05) is 17.5 Å². The van der Waals surface area contributed by atoms with Gasteiger partial charge < -0.3 is 15.2 Å². The highest BCUT2D eigenvalue weighted by molar-refractivity contribution is 7.09. The third kappa shape index (κ3) is 7.82. The average molecular weight is 271 g/mol. The Bertz CT molecular complexity index is 288. The van der Waals surface area contributed by atoms with Crippen LogP contribution in [0.15, 0.2) is 17.5 Å². The molecule has 0 aliphatic rings. The molecule has 0 saturated heterocycles. The molecule has 0 bridgehead atoms. The maximum atomic E-state index is 9.70. The predicted octanol–water partition coefficient (Wildman–Crippen LogP) is 2.65. The number of hydrogen-bond donors (Lipinski definition) is 2. The van der Waals surface area contributed by atoms with E-state index < -0.39 is 6.10 Å². The second-order valence-corrected chi connectivity index (χ2v) is 6.02. The summed E-state index contributed by atoms with van der Waals surface area (Å²) in [5, 5.41) is 15.0. The van der Waals surface area contributed by atoms with Gasteiger partial charge in [-0.1, -0.05) is 19.9 Å². The zero-order valence-electron chi connectivity index (χ0n) is 11.4. The van der Waals surface area contributed by atoms with Crippen molar-refractivity contribution in [2.24, 2.45) is 5.92 Å². The molecule has 1 heterocycles. The van der Waals surface area contributed by atoms with Gasteiger partial charge in [0.1, 0.15) is 0 Å². The zero-order valence-corrected chi connectivity index (χ0v) is 12.2. The van der Waals surface area contributed by atoms with Gasteiger partial charge in [0.05, 0.1) is 19.3 Å². The molecule has 0 radical (unpaired) electrons. The Kier molecular flexibility index (Phi) is 8.25. The first-order valence-electron chi connectivity index (χ1n) is 6.67. The second-order valence-electron chi connectivity index (χ2n) is 4.99. The van der Waals surface area contributed by atoms with Gasteiger partial charge in [0, 0.05) is 11.4 Å². The molecular weight excluding hydrogens is 246 g/mol. The summed E-state index contributed by atoms with van der Waals surface area (Å²) in [5.74, 6) is 0.755. The number of nitrogens with one attached hydrogen (secondary N) is 1. The molecule has 18 heavy (non-hydrogen) atoms. The molecular formula is C14H25NO2S. The number of thiophene rings is 1. The topological polar surface area (TPSA) is 41.5 Å². The van der Waals surface area contributed by atoms with Gasteiger partial charge in [0.2, 0.25) is 0 Å². The molecule has 1 aromatic rings. The van der Waals surface area contributed by atoms with E-state index in [1.165, 1.54) is 17.7 Å². The summed E-state index contributed by atoms with van der Waals surface area (Å²) in [5.41, 5.74) is 0. The zero-order chi connectivity index (χ0) is 13.2. The van der Waals surface area contributed by atoms with E-state index >= 15 is 0 Å². The summed E-state index contributed by atoms with van der Waals surface area (Å²) >= 11 is 1.68. The molecule has 0 saturated carbocycles.